The lowest BCUT2D eigenvalue weighted by atomic mass is 9.93. The van der Waals surface area contributed by atoms with Crippen molar-refractivity contribution in [2.45, 2.75) is 44.8 Å². The van der Waals surface area contributed by atoms with Gasteiger partial charge in [-0.1, -0.05) is 0 Å². The minimum atomic E-state index is 0.275. The maximum Gasteiger partial charge on any atom is 0.119 e. The Morgan fingerprint density at radius 1 is 1.18 bits per heavy atom. The highest BCUT2D eigenvalue weighted by Crippen LogP contribution is 2.24. The number of benzene rings is 1. The van der Waals surface area contributed by atoms with E-state index in [0.717, 1.165) is 30.8 Å². The van der Waals surface area contributed by atoms with E-state index in [0.29, 0.717) is 12.6 Å². The van der Waals surface area contributed by atoms with Crippen LogP contribution in [0.4, 0.5) is 0 Å². The molecule has 0 aliphatic heterocycles. The van der Waals surface area contributed by atoms with Gasteiger partial charge >= 0.3 is 0 Å². The van der Waals surface area contributed by atoms with Crippen molar-refractivity contribution in [1.29, 1.82) is 0 Å². The highest BCUT2D eigenvalue weighted by molar-refractivity contribution is 5.31. The molecule has 1 saturated carbocycles. The molecule has 2 unspecified atom stereocenters. The van der Waals surface area contributed by atoms with Crippen molar-refractivity contribution in [2.75, 3.05) is 6.61 Å². The van der Waals surface area contributed by atoms with Crippen molar-refractivity contribution >= 4 is 0 Å². The van der Waals surface area contributed by atoms with E-state index < -0.39 is 0 Å². The number of ether oxygens (including phenoxy) is 2. The molecule has 1 aliphatic rings. The Morgan fingerprint density at radius 2 is 1.88 bits per heavy atom. The molecule has 0 heterocycles. The van der Waals surface area contributed by atoms with E-state index in [1.807, 2.05) is 31.2 Å². The molecule has 17 heavy (non-hydrogen) atoms. The molecule has 2 rings (SSSR count). The second kappa shape index (κ2) is 5.92. The minimum Gasteiger partial charge on any atom is -0.494 e. The van der Waals surface area contributed by atoms with E-state index in [-0.39, 0.29) is 6.10 Å². The summed E-state index contributed by atoms with van der Waals surface area (Å²) in [6.45, 7) is 2.67. The highest BCUT2D eigenvalue weighted by Gasteiger charge is 2.20. The van der Waals surface area contributed by atoms with Gasteiger partial charge in [0.15, 0.2) is 0 Å². The Balaban J connectivity index is 1.89. The van der Waals surface area contributed by atoms with Crippen LogP contribution < -0.4 is 15.2 Å². The zero-order valence-corrected chi connectivity index (χ0v) is 10.4. The van der Waals surface area contributed by atoms with Crippen LogP contribution in [0, 0.1) is 0 Å². The van der Waals surface area contributed by atoms with Crippen molar-refractivity contribution in [3.05, 3.63) is 24.3 Å². The van der Waals surface area contributed by atoms with Gasteiger partial charge in [0.1, 0.15) is 17.6 Å². The number of hydrogen-bond donors (Lipinski definition) is 1. The third-order valence-electron chi connectivity index (χ3n) is 3.10. The topological polar surface area (TPSA) is 44.5 Å². The molecular weight excluding hydrogens is 214 g/mol. The van der Waals surface area contributed by atoms with Gasteiger partial charge in [0, 0.05) is 6.04 Å². The zero-order chi connectivity index (χ0) is 12.1. The van der Waals surface area contributed by atoms with Gasteiger partial charge in [-0.3, -0.25) is 0 Å². The van der Waals surface area contributed by atoms with Gasteiger partial charge in [-0.2, -0.15) is 0 Å². The number of hydrogen-bond acceptors (Lipinski definition) is 3. The molecule has 1 fully saturated rings. The minimum absolute atomic E-state index is 0.275. The van der Waals surface area contributed by atoms with Crippen LogP contribution in [0.15, 0.2) is 24.3 Å². The fraction of sp³-hybridized carbons (Fsp3) is 0.571. The van der Waals surface area contributed by atoms with Crippen LogP contribution >= 0.6 is 0 Å². The Kier molecular flexibility index (Phi) is 4.26. The smallest absolute Gasteiger partial charge is 0.119 e. The predicted octanol–water partition coefficient (Wildman–Crippen LogP) is 2.73. The van der Waals surface area contributed by atoms with Gasteiger partial charge in [-0.05, 0) is 56.9 Å². The normalized spacial score (nSPS) is 24.4. The van der Waals surface area contributed by atoms with Gasteiger partial charge in [-0.15, -0.1) is 0 Å². The Morgan fingerprint density at radius 3 is 2.53 bits per heavy atom. The Bertz CT molecular complexity index is 337. The summed E-state index contributed by atoms with van der Waals surface area (Å²) >= 11 is 0. The first-order valence-electron chi connectivity index (χ1n) is 6.43. The highest BCUT2D eigenvalue weighted by atomic mass is 16.5. The van der Waals surface area contributed by atoms with Crippen LogP contribution in [0.1, 0.15) is 32.6 Å². The summed E-state index contributed by atoms with van der Waals surface area (Å²) in [5.41, 5.74) is 5.94. The molecule has 1 aromatic rings. The summed E-state index contributed by atoms with van der Waals surface area (Å²) in [5.74, 6) is 1.80. The summed E-state index contributed by atoms with van der Waals surface area (Å²) in [6.07, 6.45) is 4.65. The van der Waals surface area contributed by atoms with Crippen LogP contribution in [-0.4, -0.2) is 18.8 Å². The molecule has 0 spiro atoms. The van der Waals surface area contributed by atoms with Crippen molar-refractivity contribution in [1.82, 2.24) is 0 Å². The molecule has 1 aromatic carbocycles. The molecule has 0 saturated heterocycles. The maximum atomic E-state index is 5.94. The SMILES string of the molecule is CCOc1ccc(OC2CCCC(N)C2)cc1. The van der Waals surface area contributed by atoms with Crippen molar-refractivity contribution in [3.63, 3.8) is 0 Å². The molecule has 0 aromatic heterocycles. The summed E-state index contributed by atoms with van der Waals surface area (Å²) in [7, 11) is 0. The van der Waals surface area contributed by atoms with Crippen LogP contribution in [0.25, 0.3) is 0 Å². The average molecular weight is 235 g/mol. The van der Waals surface area contributed by atoms with Crippen LogP contribution in [0.2, 0.25) is 0 Å². The average Bonchev–Trinajstić information content (AvgIpc) is 2.32. The summed E-state index contributed by atoms with van der Waals surface area (Å²) in [5, 5.41) is 0. The maximum absolute atomic E-state index is 5.94. The molecule has 0 bridgehead atoms. The van der Waals surface area contributed by atoms with E-state index >= 15 is 0 Å². The summed E-state index contributed by atoms with van der Waals surface area (Å²) in [4.78, 5) is 0. The van der Waals surface area contributed by atoms with Crippen molar-refractivity contribution < 1.29 is 9.47 Å². The first-order valence-corrected chi connectivity index (χ1v) is 6.43. The van der Waals surface area contributed by atoms with E-state index in [1.165, 1.54) is 6.42 Å². The fourth-order valence-electron chi connectivity index (χ4n) is 2.26. The van der Waals surface area contributed by atoms with E-state index in [9.17, 15) is 0 Å². The zero-order valence-electron chi connectivity index (χ0n) is 10.4. The van der Waals surface area contributed by atoms with Gasteiger partial charge < -0.3 is 15.2 Å². The number of rotatable bonds is 4. The van der Waals surface area contributed by atoms with Gasteiger partial charge in [0.25, 0.3) is 0 Å². The monoisotopic (exact) mass is 235 g/mol. The fourth-order valence-corrected chi connectivity index (χ4v) is 2.26. The molecule has 0 amide bonds. The number of nitrogens with two attached hydrogens (primary N) is 1. The van der Waals surface area contributed by atoms with Gasteiger partial charge in [0.2, 0.25) is 0 Å². The summed E-state index contributed by atoms with van der Waals surface area (Å²) < 4.78 is 11.3. The molecule has 1 aliphatic carbocycles. The third-order valence-corrected chi connectivity index (χ3v) is 3.10. The first kappa shape index (κ1) is 12.2. The Hall–Kier alpha value is -1.22. The molecule has 3 nitrogen and oxygen atoms in total. The molecule has 2 atom stereocenters. The van der Waals surface area contributed by atoms with Crippen molar-refractivity contribution in [2.24, 2.45) is 5.73 Å². The van der Waals surface area contributed by atoms with E-state index in [1.54, 1.807) is 0 Å². The van der Waals surface area contributed by atoms with Crippen LogP contribution in [-0.2, 0) is 0 Å². The second-order valence-electron chi connectivity index (χ2n) is 4.57. The van der Waals surface area contributed by atoms with Gasteiger partial charge in [0.05, 0.1) is 6.61 Å². The molecule has 3 heteroatoms. The lowest BCUT2D eigenvalue weighted by Crippen LogP contribution is -2.33. The first-order chi connectivity index (χ1) is 8.28. The molecule has 2 N–H and O–H groups in total. The summed E-state index contributed by atoms with van der Waals surface area (Å²) in [6, 6.07) is 8.12. The Labute approximate surface area is 103 Å². The largest absolute Gasteiger partial charge is 0.494 e. The molecule has 94 valence electrons. The lowest BCUT2D eigenvalue weighted by molar-refractivity contribution is 0.144. The second-order valence-corrected chi connectivity index (χ2v) is 4.57. The van der Waals surface area contributed by atoms with Crippen LogP contribution in [0.3, 0.4) is 0 Å². The van der Waals surface area contributed by atoms with Crippen molar-refractivity contribution in [3.8, 4) is 11.5 Å². The molecular formula is C14H21NO2. The van der Waals surface area contributed by atoms with E-state index in [2.05, 4.69) is 0 Å². The molecule has 0 radical (unpaired) electrons. The third kappa shape index (κ3) is 3.63. The van der Waals surface area contributed by atoms with Gasteiger partial charge in [-0.25, -0.2) is 0 Å². The standard InChI is InChI=1S/C14H21NO2/c1-2-16-12-6-8-13(9-7-12)17-14-5-3-4-11(15)10-14/h6-9,11,14H,2-5,10,15H2,1H3. The quantitative estimate of drug-likeness (QED) is 0.872. The van der Waals surface area contributed by atoms with Crippen LogP contribution in [0.5, 0.6) is 11.5 Å². The van der Waals surface area contributed by atoms with E-state index in [4.69, 9.17) is 15.2 Å². The lowest BCUT2D eigenvalue weighted by Gasteiger charge is -2.27. The predicted molar refractivity (Wildman–Crippen MR) is 68.5 cm³/mol.